The van der Waals surface area contributed by atoms with E-state index in [1.807, 2.05) is 0 Å². The zero-order valence-corrected chi connectivity index (χ0v) is 9.30. The highest BCUT2D eigenvalue weighted by Crippen LogP contribution is 1.91. The molecule has 1 aliphatic heterocycles. The lowest BCUT2D eigenvalue weighted by atomic mass is 10.3. The van der Waals surface area contributed by atoms with E-state index in [-0.39, 0.29) is 6.10 Å². The van der Waals surface area contributed by atoms with Crippen LogP contribution in [0.5, 0.6) is 0 Å². The third-order valence-electron chi connectivity index (χ3n) is 2.79. The van der Waals surface area contributed by atoms with E-state index >= 15 is 0 Å². The van der Waals surface area contributed by atoms with Crippen molar-refractivity contribution in [1.82, 2.24) is 0 Å². The van der Waals surface area contributed by atoms with Gasteiger partial charge in [0.05, 0.1) is 19.7 Å². The summed E-state index contributed by atoms with van der Waals surface area (Å²) in [5.41, 5.74) is 0. The maximum Gasteiger partial charge on any atom is 0.126 e. The van der Waals surface area contributed by atoms with Crippen molar-refractivity contribution in [2.45, 2.75) is 38.7 Å². The zero-order valence-electron chi connectivity index (χ0n) is 9.30. The molecule has 1 rings (SSSR count). The molecule has 0 bridgehead atoms. The first kappa shape index (κ1) is 12.0. The smallest absolute Gasteiger partial charge is 0.126 e. The van der Waals surface area contributed by atoms with Crippen LogP contribution in [0.4, 0.5) is 0 Å². The number of nitrogens with one attached hydrogen (secondary N) is 1. The number of aliphatic hydroxyl groups excluding tert-OH is 1. The SMILES string of the molecule is CCCCOC[C@H](O)C[NH+]1CCCC1. The molecule has 1 saturated heterocycles. The van der Waals surface area contributed by atoms with Crippen LogP contribution in [-0.2, 0) is 4.74 Å². The van der Waals surface area contributed by atoms with E-state index in [1.54, 1.807) is 0 Å². The Morgan fingerprint density at radius 1 is 1.36 bits per heavy atom. The summed E-state index contributed by atoms with van der Waals surface area (Å²) in [6, 6.07) is 0. The molecule has 1 aliphatic rings. The summed E-state index contributed by atoms with van der Waals surface area (Å²) in [5, 5.41) is 9.66. The first-order chi connectivity index (χ1) is 6.83. The van der Waals surface area contributed by atoms with Gasteiger partial charge < -0.3 is 14.7 Å². The highest BCUT2D eigenvalue weighted by molar-refractivity contribution is 4.53. The fourth-order valence-electron chi connectivity index (χ4n) is 1.94. The minimum Gasteiger partial charge on any atom is -0.385 e. The summed E-state index contributed by atoms with van der Waals surface area (Å²) in [4.78, 5) is 1.54. The van der Waals surface area contributed by atoms with E-state index in [9.17, 15) is 5.11 Å². The monoisotopic (exact) mass is 202 g/mol. The van der Waals surface area contributed by atoms with Crippen LogP contribution in [0.1, 0.15) is 32.6 Å². The Bertz CT molecular complexity index is 135. The van der Waals surface area contributed by atoms with Gasteiger partial charge in [0, 0.05) is 19.4 Å². The minimum atomic E-state index is -0.264. The highest BCUT2D eigenvalue weighted by Gasteiger charge is 2.18. The number of quaternary nitrogens is 1. The average Bonchev–Trinajstić information content (AvgIpc) is 2.65. The van der Waals surface area contributed by atoms with Crippen LogP contribution in [0.2, 0.25) is 0 Å². The molecule has 0 amide bonds. The zero-order chi connectivity index (χ0) is 10.2. The van der Waals surface area contributed by atoms with Crippen molar-refractivity contribution >= 4 is 0 Å². The van der Waals surface area contributed by atoms with Gasteiger partial charge in [-0.05, 0) is 6.42 Å². The van der Waals surface area contributed by atoms with Gasteiger partial charge in [-0.15, -0.1) is 0 Å². The van der Waals surface area contributed by atoms with Crippen molar-refractivity contribution in [3.05, 3.63) is 0 Å². The van der Waals surface area contributed by atoms with Crippen LogP contribution in [0, 0.1) is 0 Å². The first-order valence-corrected chi connectivity index (χ1v) is 5.92. The van der Waals surface area contributed by atoms with Gasteiger partial charge in [0.25, 0.3) is 0 Å². The summed E-state index contributed by atoms with van der Waals surface area (Å²) in [6.07, 6.45) is 4.63. The summed E-state index contributed by atoms with van der Waals surface area (Å²) in [5.74, 6) is 0. The Morgan fingerprint density at radius 3 is 2.71 bits per heavy atom. The normalized spacial score (nSPS) is 20.1. The molecule has 84 valence electrons. The number of hydrogen-bond acceptors (Lipinski definition) is 2. The van der Waals surface area contributed by atoms with Crippen LogP contribution in [-0.4, -0.2) is 44.1 Å². The highest BCUT2D eigenvalue weighted by atomic mass is 16.5. The number of unbranched alkanes of at least 4 members (excludes halogenated alkanes) is 1. The molecule has 0 spiro atoms. The molecule has 14 heavy (non-hydrogen) atoms. The predicted octanol–water partition coefficient (Wildman–Crippen LogP) is -0.157. The van der Waals surface area contributed by atoms with Crippen LogP contribution in [0.25, 0.3) is 0 Å². The Hall–Kier alpha value is -0.120. The number of likely N-dealkylation sites (tertiary alicyclic amines) is 1. The van der Waals surface area contributed by atoms with Crippen molar-refractivity contribution in [3.63, 3.8) is 0 Å². The van der Waals surface area contributed by atoms with Crippen molar-refractivity contribution in [1.29, 1.82) is 0 Å². The fourth-order valence-corrected chi connectivity index (χ4v) is 1.94. The molecule has 2 N–H and O–H groups in total. The van der Waals surface area contributed by atoms with Gasteiger partial charge in [0.2, 0.25) is 0 Å². The van der Waals surface area contributed by atoms with Crippen molar-refractivity contribution < 1.29 is 14.7 Å². The van der Waals surface area contributed by atoms with E-state index in [0.29, 0.717) is 6.61 Å². The quantitative estimate of drug-likeness (QED) is 0.563. The summed E-state index contributed by atoms with van der Waals surface area (Å²) >= 11 is 0. The lowest BCUT2D eigenvalue weighted by Gasteiger charge is -2.16. The molecular formula is C11H24NO2+. The Kier molecular flexibility index (Phi) is 6.15. The largest absolute Gasteiger partial charge is 0.385 e. The number of hydrogen-bond donors (Lipinski definition) is 2. The second-order valence-electron chi connectivity index (χ2n) is 4.24. The maximum atomic E-state index is 9.66. The third kappa shape index (κ3) is 4.94. The van der Waals surface area contributed by atoms with Crippen LogP contribution in [0.15, 0.2) is 0 Å². The van der Waals surface area contributed by atoms with E-state index in [4.69, 9.17) is 4.74 Å². The minimum absolute atomic E-state index is 0.264. The third-order valence-corrected chi connectivity index (χ3v) is 2.79. The number of rotatable bonds is 7. The van der Waals surface area contributed by atoms with Crippen LogP contribution >= 0.6 is 0 Å². The maximum absolute atomic E-state index is 9.66. The Labute approximate surface area is 87.1 Å². The molecule has 0 unspecified atom stereocenters. The van der Waals surface area contributed by atoms with Gasteiger partial charge in [-0.2, -0.15) is 0 Å². The topological polar surface area (TPSA) is 33.9 Å². The van der Waals surface area contributed by atoms with Gasteiger partial charge >= 0.3 is 0 Å². The molecule has 1 fully saturated rings. The van der Waals surface area contributed by atoms with Crippen LogP contribution < -0.4 is 4.90 Å². The van der Waals surface area contributed by atoms with Gasteiger partial charge in [-0.3, -0.25) is 0 Å². The van der Waals surface area contributed by atoms with Gasteiger partial charge in [-0.1, -0.05) is 13.3 Å². The molecule has 0 aliphatic carbocycles. The molecule has 0 aromatic heterocycles. The number of ether oxygens (including phenoxy) is 1. The van der Waals surface area contributed by atoms with E-state index in [1.165, 1.54) is 30.8 Å². The average molecular weight is 202 g/mol. The Balaban J connectivity index is 1.95. The second kappa shape index (κ2) is 7.21. The molecule has 0 saturated carbocycles. The molecule has 0 radical (unpaired) electrons. The lowest BCUT2D eigenvalue weighted by Crippen LogP contribution is -3.11. The van der Waals surface area contributed by atoms with E-state index < -0.39 is 0 Å². The van der Waals surface area contributed by atoms with Crippen molar-refractivity contribution in [2.75, 3.05) is 32.8 Å². The first-order valence-electron chi connectivity index (χ1n) is 5.92. The number of aliphatic hydroxyl groups is 1. The molecule has 1 atom stereocenters. The Morgan fingerprint density at radius 2 is 2.07 bits per heavy atom. The molecule has 1 heterocycles. The predicted molar refractivity (Wildman–Crippen MR) is 56.5 cm³/mol. The summed E-state index contributed by atoms with van der Waals surface area (Å²) in [7, 11) is 0. The fraction of sp³-hybridized carbons (Fsp3) is 1.00. The standard InChI is InChI=1S/C11H23NO2/c1-2-3-8-14-10-11(13)9-12-6-4-5-7-12/h11,13H,2-10H2,1H3/p+1/t11-/m1/s1. The summed E-state index contributed by atoms with van der Waals surface area (Å²) < 4.78 is 5.38. The van der Waals surface area contributed by atoms with Gasteiger partial charge in [-0.25, -0.2) is 0 Å². The van der Waals surface area contributed by atoms with E-state index in [2.05, 4.69) is 6.92 Å². The molecule has 3 heteroatoms. The van der Waals surface area contributed by atoms with E-state index in [0.717, 1.165) is 26.0 Å². The lowest BCUT2D eigenvalue weighted by molar-refractivity contribution is -0.890. The van der Waals surface area contributed by atoms with Crippen molar-refractivity contribution in [2.24, 2.45) is 0 Å². The molecule has 0 aromatic rings. The molecular weight excluding hydrogens is 178 g/mol. The second-order valence-corrected chi connectivity index (χ2v) is 4.24. The molecule has 3 nitrogen and oxygen atoms in total. The molecule has 0 aromatic carbocycles. The summed E-state index contributed by atoms with van der Waals surface area (Å²) in [6.45, 7) is 6.78. The van der Waals surface area contributed by atoms with Gasteiger partial charge in [0.15, 0.2) is 0 Å². The van der Waals surface area contributed by atoms with Gasteiger partial charge in [0.1, 0.15) is 12.6 Å². The van der Waals surface area contributed by atoms with Crippen LogP contribution in [0.3, 0.4) is 0 Å². The van der Waals surface area contributed by atoms with Crippen molar-refractivity contribution in [3.8, 4) is 0 Å².